The molecule has 0 saturated heterocycles. The van der Waals surface area contributed by atoms with Crippen molar-refractivity contribution in [2.24, 2.45) is 0 Å². The number of quaternary nitrogens is 2. The van der Waals surface area contributed by atoms with Crippen molar-refractivity contribution in [2.75, 3.05) is 53.9 Å². The van der Waals surface area contributed by atoms with Crippen molar-refractivity contribution in [3.63, 3.8) is 0 Å². The van der Waals surface area contributed by atoms with E-state index in [0.717, 1.165) is 0 Å². The van der Waals surface area contributed by atoms with Gasteiger partial charge >= 0.3 is 7.82 Å². The Balaban J connectivity index is -0.000000280. The fourth-order valence-corrected chi connectivity index (χ4v) is 4.79. The van der Waals surface area contributed by atoms with Crippen LogP contribution in [0.3, 0.4) is 0 Å². The first-order chi connectivity index (χ1) is 19.8. The van der Waals surface area contributed by atoms with Gasteiger partial charge in [0, 0.05) is 0 Å². The highest BCUT2D eigenvalue weighted by atomic mass is 31.2. The summed E-state index contributed by atoms with van der Waals surface area (Å²) in [6.45, 7) is 18.4. The number of nitrogens with zero attached hydrogens (tertiary/aromatic N) is 2. The summed E-state index contributed by atoms with van der Waals surface area (Å²) < 4.78 is 20.1. The second-order valence-corrected chi connectivity index (χ2v) is 14.7. The molecule has 0 amide bonds. The van der Waals surface area contributed by atoms with Crippen LogP contribution in [0.25, 0.3) is 0 Å². The molecule has 0 aromatic rings. The van der Waals surface area contributed by atoms with Gasteiger partial charge in [0.25, 0.3) is 0 Å². The van der Waals surface area contributed by atoms with Crippen molar-refractivity contribution in [3.05, 3.63) is 0 Å². The monoisotopic (exact) mass is 664 g/mol. The normalized spacial score (nSPS) is 13.1. The quantitative estimate of drug-likeness (QED) is 0.0547. The van der Waals surface area contributed by atoms with Gasteiger partial charge in [-0.25, -0.2) is 4.57 Å². The predicted octanol–water partition coefficient (Wildman–Crippen LogP) is 6.50. The number of hydrogen-bond donors (Lipinski definition) is 4. The molecule has 0 aliphatic rings. The molecule has 10 nitrogen and oxygen atoms in total. The van der Waals surface area contributed by atoms with E-state index in [-0.39, 0.29) is 0 Å². The maximum Gasteiger partial charge on any atom is 0.466 e. The molecule has 0 fully saturated rings. The van der Waals surface area contributed by atoms with E-state index in [9.17, 15) is 0 Å². The Kier molecular flexibility index (Phi) is 37.3. The van der Waals surface area contributed by atoms with Crippen LogP contribution in [0.5, 0.6) is 0 Å². The Bertz CT molecular complexity index is 611. The van der Waals surface area contributed by atoms with E-state index in [2.05, 4.69) is 55.8 Å². The van der Waals surface area contributed by atoms with Gasteiger partial charge < -0.3 is 42.9 Å². The first-order valence-corrected chi connectivity index (χ1v) is 20.0. The Morgan fingerprint density at radius 3 is 0.907 bits per heavy atom. The van der Waals surface area contributed by atoms with Crippen LogP contribution >= 0.6 is 15.6 Å². The highest BCUT2D eigenvalue weighted by molar-refractivity contribution is 7.45. The lowest BCUT2D eigenvalue weighted by Crippen LogP contribution is -2.46. The molecule has 0 aromatic heterocycles. The van der Waals surface area contributed by atoms with Gasteiger partial charge in [-0.15, -0.1) is 0 Å². The number of rotatable bonds is 23. The minimum atomic E-state index is -5.14. The Hall–Kier alpha value is 0.140. The average Bonchev–Trinajstić information content (AvgIpc) is 2.85. The van der Waals surface area contributed by atoms with E-state index < -0.39 is 15.6 Å². The fourth-order valence-electron chi connectivity index (χ4n) is 4.79. The van der Waals surface area contributed by atoms with E-state index in [0.29, 0.717) is 0 Å². The van der Waals surface area contributed by atoms with Gasteiger partial charge in [-0.3, -0.25) is 0 Å². The zero-order chi connectivity index (χ0) is 34.3. The van der Waals surface area contributed by atoms with Gasteiger partial charge in [0.15, 0.2) is 0 Å². The summed E-state index contributed by atoms with van der Waals surface area (Å²) in [6.07, 6.45) is 25.3. The molecule has 43 heavy (non-hydrogen) atoms. The molecule has 0 radical (unpaired) electrons. The van der Waals surface area contributed by atoms with E-state index in [1.165, 1.54) is 157 Å². The van der Waals surface area contributed by atoms with Crippen LogP contribution in [-0.4, -0.2) is 82.4 Å². The molecule has 1 unspecified atom stereocenters. The lowest BCUT2D eigenvalue weighted by atomic mass is 10.1. The zero-order valence-corrected chi connectivity index (χ0v) is 31.3. The molecule has 0 spiro atoms. The third-order valence-corrected chi connectivity index (χ3v) is 7.39. The summed E-state index contributed by atoms with van der Waals surface area (Å²) in [5, 5.41) is 0. The third-order valence-electron chi connectivity index (χ3n) is 7.39. The topological polar surface area (TPSA) is 161 Å². The van der Waals surface area contributed by atoms with Crippen LogP contribution in [-0.2, 0) is 9.13 Å². The van der Waals surface area contributed by atoms with Gasteiger partial charge in [-0.1, -0.05) is 86.0 Å². The van der Waals surface area contributed by atoms with Crippen LogP contribution in [0.15, 0.2) is 0 Å². The van der Waals surface area contributed by atoms with Gasteiger partial charge in [0.2, 0.25) is 0 Å². The van der Waals surface area contributed by atoms with Crippen molar-refractivity contribution >= 4 is 15.6 Å². The molecular weight excluding hydrogens is 590 g/mol. The number of unbranched alkanes of at least 4 members (excludes halogenated alkanes) is 13. The number of hydrogen-bond acceptors (Lipinski definition) is 4. The number of phosphoric acid groups is 2. The summed E-state index contributed by atoms with van der Waals surface area (Å²) in [7, 11) is -2.53. The zero-order valence-electron chi connectivity index (χ0n) is 29.5. The standard InChI is InChI=1S/C19H42N.C12H28N.2H3O4P/c1-5-8-11-13-16-19-20(4,17-14-10-7-3)18-15-12-9-6-2;1-5-7-9-11-13(3,4)12-10-8-6-2;2*1-5(2,3)4/h5-19H2,1-4H3;5-12H2,1-4H3;2*(H3,1,2,3,4)/q2*+1;;/p-2. The summed E-state index contributed by atoms with van der Waals surface area (Å²) in [5.41, 5.74) is 0. The molecule has 1 atom stereocenters. The van der Waals surface area contributed by atoms with Crippen LogP contribution in [0.2, 0.25) is 0 Å². The van der Waals surface area contributed by atoms with E-state index in [1.54, 1.807) is 0 Å². The Labute approximate surface area is 267 Å². The van der Waals surface area contributed by atoms with Gasteiger partial charge in [-0.2, -0.15) is 0 Å². The third kappa shape index (κ3) is 61.8. The molecule has 0 saturated carbocycles. The summed E-state index contributed by atoms with van der Waals surface area (Å²) >= 11 is 0. The molecule has 0 aliphatic carbocycles. The molecule has 12 heteroatoms. The average molecular weight is 665 g/mol. The van der Waals surface area contributed by atoms with Gasteiger partial charge in [0.05, 0.1) is 61.7 Å². The largest absolute Gasteiger partial charge is 0.790 e. The maximum atomic E-state index is 8.88. The summed E-state index contributed by atoms with van der Waals surface area (Å²) in [4.78, 5) is 45.8. The summed E-state index contributed by atoms with van der Waals surface area (Å²) in [5.74, 6) is 0. The molecular formula is C31H74N2O8P2. The SMILES string of the molecule is CCCCCCC[N+](C)(CCCCC)CCCCCC.CCCCC[N+](C)(C)CCCCC.O=P(O)(O)O.O=P([O-])([O-])O. The van der Waals surface area contributed by atoms with Crippen molar-refractivity contribution in [2.45, 2.75) is 150 Å². The fraction of sp³-hybridized carbons (Fsp3) is 1.00. The second kappa shape index (κ2) is 32.1. The van der Waals surface area contributed by atoms with Crippen molar-refractivity contribution in [1.29, 1.82) is 0 Å². The molecule has 0 rings (SSSR count). The molecule has 0 aliphatic heterocycles. The van der Waals surface area contributed by atoms with Crippen molar-refractivity contribution in [1.82, 2.24) is 0 Å². The van der Waals surface area contributed by atoms with Crippen LogP contribution < -0.4 is 9.79 Å². The minimum Gasteiger partial charge on any atom is -0.790 e. The lowest BCUT2D eigenvalue weighted by Gasteiger charge is -2.35. The van der Waals surface area contributed by atoms with Crippen molar-refractivity contribution < 1.29 is 47.5 Å². The van der Waals surface area contributed by atoms with Crippen LogP contribution in [0.4, 0.5) is 0 Å². The molecule has 0 heterocycles. The molecule has 0 bridgehead atoms. The first kappa shape index (κ1) is 50.0. The molecule has 0 aromatic carbocycles. The molecule has 266 valence electrons. The lowest BCUT2D eigenvalue weighted by molar-refractivity contribution is -0.910. The van der Waals surface area contributed by atoms with Crippen molar-refractivity contribution in [3.8, 4) is 0 Å². The highest BCUT2D eigenvalue weighted by Gasteiger charge is 2.19. The van der Waals surface area contributed by atoms with Crippen LogP contribution in [0, 0.1) is 0 Å². The highest BCUT2D eigenvalue weighted by Crippen LogP contribution is 2.25. The van der Waals surface area contributed by atoms with E-state index >= 15 is 0 Å². The first-order valence-electron chi connectivity index (χ1n) is 17.0. The maximum absolute atomic E-state index is 8.88. The predicted molar refractivity (Wildman–Crippen MR) is 178 cm³/mol. The Morgan fingerprint density at radius 2 is 0.628 bits per heavy atom. The smallest absolute Gasteiger partial charge is 0.466 e. The van der Waals surface area contributed by atoms with Crippen LogP contribution in [0.1, 0.15) is 150 Å². The van der Waals surface area contributed by atoms with Gasteiger partial charge in [0.1, 0.15) is 0 Å². The van der Waals surface area contributed by atoms with E-state index in [1.807, 2.05) is 0 Å². The van der Waals surface area contributed by atoms with Gasteiger partial charge in [-0.05, 0) is 64.2 Å². The molecule has 4 N–H and O–H groups in total. The van der Waals surface area contributed by atoms with E-state index in [4.69, 9.17) is 38.5 Å². The Morgan fingerprint density at radius 1 is 0.442 bits per heavy atom. The minimum absolute atomic E-state index is 1.22. The second-order valence-electron chi connectivity index (χ2n) is 12.8. The summed E-state index contributed by atoms with van der Waals surface area (Å²) in [6, 6.07) is 0.